The van der Waals surface area contributed by atoms with E-state index in [1.807, 2.05) is 0 Å². The number of benzene rings is 1. The topological polar surface area (TPSA) is 69.6 Å². The molecule has 1 saturated heterocycles. The lowest BCUT2D eigenvalue weighted by molar-refractivity contribution is -0.253. The molecule has 0 saturated carbocycles. The van der Waals surface area contributed by atoms with Crippen LogP contribution in [-0.4, -0.2) is 53.2 Å². The van der Waals surface area contributed by atoms with E-state index in [1.165, 1.54) is 0 Å². The van der Waals surface area contributed by atoms with Crippen molar-refractivity contribution in [1.82, 2.24) is 10.2 Å². The van der Waals surface area contributed by atoms with Gasteiger partial charge < -0.3 is 15.3 Å². The minimum atomic E-state index is -4.84. The minimum absolute atomic E-state index is 0.241. The van der Waals surface area contributed by atoms with Gasteiger partial charge in [-0.2, -0.15) is 13.2 Å². The van der Waals surface area contributed by atoms with Crippen molar-refractivity contribution < 1.29 is 36.6 Å². The van der Waals surface area contributed by atoms with Crippen LogP contribution in [0.2, 0.25) is 0 Å². The second-order valence-corrected chi connectivity index (χ2v) is 5.72. The fourth-order valence-corrected chi connectivity index (χ4v) is 2.45. The monoisotopic (exact) mass is 366 g/mol. The first kappa shape index (κ1) is 19.1. The van der Waals surface area contributed by atoms with E-state index in [4.69, 9.17) is 0 Å². The molecule has 10 heteroatoms. The molecule has 1 aliphatic rings. The molecule has 1 aliphatic heterocycles. The summed E-state index contributed by atoms with van der Waals surface area (Å²) in [6.45, 7) is -1.36. The minimum Gasteiger partial charge on any atom is -0.379 e. The number of alkyl halides is 3. The molecule has 1 atom stereocenters. The number of rotatable bonds is 4. The predicted molar refractivity (Wildman–Crippen MR) is 75.5 cm³/mol. The summed E-state index contributed by atoms with van der Waals surface area (Å²) >= 11 is 0. The van der Waals surface area contributed by atoms with Crippen LogP contribution in [0, 0.1) is 11.6 Å². The average molecular weight is 366 g/mol. The van der Waals surface area contributed by atoms with Gasteiger partial charge in [-0.25, -0.2) is 8.78 Å². The molecule has 25 heavy (non-hydrogen) atoms. The van der Waals surface area contributed by atoms with Crippen molar-refractivity contribution in [2.24, 2.45) is 0 Å². The first-order chi connectivity index (χ1) is 11.5. The third-order valence-electron chi connectivity index (χ3n) is 3.93. The van der Waals surface area contributed by atoms with Crippen LogP contribution in [0.4, 0.5) is 22.0 Å². The quantitative estimate of drug-likeness (QED) is 0.796. The molecule has 0 bridgehead atoms. The van der Waals surface area contributed by atoms with Gasteiger partial charge in [-0.1, -0.05) is 0 Å². The molecule has 0 aliphatic carbocycles. The van der Waals surface area contributed by atoms with Crippen molar-refractivity contribution >= 4 is 11.8 Å². The Morgan fingerprint density at radius 3 is 2.52 bits per heavy atom. The van der Waals surface area contributed by atoms with Crippen LogP contribution in [0.5, 0.6) is 0 Å². The van der Waals surface area contributed by atoms with E-state index in [0.717, 1.165) is 17.0 Å². The zero-order valence-corrected chi connectivity index (χ0v) is 12.9. The van der Waals surface area contributed by atoms with Crippen molar-refractivity contribution in [2.45, 2.75) is 24.6 Å². The van der Waals surface area contributed by atoms with E-state index in [1.54, 1.807) is 0 Å². The summed E-state index contributed by atoms with van der Waals surface area (Å²) < 4.78 is 64.2. The Bertz CT molecular complexity index is 680. The lowest BCUT2D eigenvalue weighted by Gasteiger charge is -2.25. The zero-order chi connectivity index (χ0) is 18.8. The van der Waals surface area contributed by atoms with Gasteiger partial charge in [-0.05, 0) is 12.1 Å². The molecule has 1 fully saturated rings. The summed E-state index contributed by atoms with van der Waals surface area (Å²) in [5, 5.41) is 11.7. The fraction of sp³-hybridized carbons (Fsp3) is 0.467. The van der Waals surface area contributed by atoms with Crippen molar-refractivity contribution in [3.63, 3.8) is 0 Å². The van der Waals surface area contributed by atoms with Gasteiger partial charge in [0.2, 0.25) is 5.91 Å². The van der Waals surface area contributed by atoms with Crippen LogP contribution in [0.1, 0.15) is 23.2 Å². The zero-order valence-electron chi connectivity index (χ0n) is 12.9. The highest BCUT2D eigenvalue weighted by Gasteiger charge is 2.57. The van der Waals surface area contributed by atoms with Crippen molar-refractivity contribution in [1.29, 1.82) is 0 Å². The van der Waals surface area contributed by atoms with Gasteiger partial charge in [0, 0.05) is 32.0 Å². The second-order valence-electron chi connectivity index (χ2n) is 5.72. The van der Waals surface area contributed by atoms with Crippen LogP contribution in [0.15, 0.2) is 18.2 Å². The Balaban J connectivity index is 1.84. The Morgan fingerprint density at radius 1 is 1.28 bits per heavy atom. The summed E-state index contributed by atoms with van der Waals surface area (Å²) in [6.07, 6.45) is -5.77. The summed E-state index contributed by atoms with van der Waals surface area (Å²) in [5.74, 6) is -3.48. The molecule has 2 N–H and O–H groups in total. The molecule has 1 unspecified atom stereocenters. The first-order valence-electron chi connectivity index (χ1n) is 7.34. The van der Waals surface area contributed by atoms with E-state index in [9.17, 15) is 36.6 Å². The van der Waals surface area contributed by atoms with E-state index in [2.05, 4.69) is 5.32 Å². The summed E-state index contributed by atoms with van der Waals surface area (Å²) in [7, 11) is 0. The summed E-state index contributed by atoms with van der Waals surface area (Å²) in [4.78, 5) is 24.4. The molecule has 0 aromatic heterocycles. The van der Waals surface area contributed by atoms with Gasteiger partial charge in [-0.15, -0.1) is 0 Å². The maximum atomic E-state index is 13.4. The standard InChI is InChI=1S/C15H15F5N2O3/c16-9-1-2-10(11(17)7-9)13(24)21-5-3-12(23)22-6-4-14(25,8-22)15(18,19)20/h1-2,7,25H,3-6,8H2,(H,21,24). The van der Waals surface area contributed by atoms with Gasteiger partial charge in [0.1, 0.15) is 11.6 Å². The largest absolute Gasteiger partial charge is 0.419 e. The van der Waals surface area contributed by atoms with Crippen LogP contribution < -0.4 is 5.32 Å². The molecule has 1 aromatic carbocycles. The van der Waals surface area contributed by atoms with Gasteiger partial charge >= 0.3 is 6.18 Å². The third kappa shape index (κ3) is 4.25. The number of carbonyl (C=O) groups is 2. The summed E-state index contributed by atoms with van der Waals surface area (Å²) in [5.41, 5.74) is -3.34. The third-order valence-corrected chi connectivity index (χ3v) is 3.93. The van der Waals surface area contributed by atoms with Gasteiger partial charge in [0.15, 0.2) is 5.60 Å². The summed E-state index contributed by atoms with van der Waals surface area (Å²) in [6, 6.07) is 2.36. The number of hydrogen-bond acceptors (Lipinski definition) is 3. The molecule has 1 heterocycles. The Kier molecular flexibility index (Phi) is 5.31. The highest BCUT2D eigenvalue weighted by molar-refractivity contribution is 5.94. The van der Waals surface area contributed by atoms with Crippen molar-refractivity contribution in [3.05, 3.63) is 35.4 Å². The molecule has 138 valence electrons. The second kappa shape index (κ2) is 6.95. The van der Waals surface area contributed by atoms with E-state index in [-0.39, 0.29) is 19.5 Å². The van der Waals surface area contributed by atoms with E-state index in [0.29, 0.717) is 6.07 Å². The van der Waals surface area contributed by atoms with Gasteiger partial charge in [0.05, 0.1) is 12.1 Å². The smallest absolute Gasteiger partial charge is 0.379 e. The van der Waals surface area contributed by atoms with Crippen molar-refractivity contribution in [2.75, 3.05) is 19.6 Å². The maximum absolute atomic E-state index is 13.4. The van der Waals surface area contributed by atoms with Gasteiger partial charge in [-0.3, -0.25) is 9.59 Å². The molecular formula is C15H15F5N2O3. The number of nitrogens with zero attached hydrogens (tertiary/aromatic N) is 1. The lowest BCUT2D eigenvalue weighted by atomic mass is 10.0. The molecule has 5 nitrogen and oxygen atoms in total. The Morgan fingerprint density at radius 2 is 1.96 bits per heavy atom. The molecule has 2 amide bonds. The number of carbonyl (C=O) groups excluding carboxylic acids is 2. The van der Waals surface area contributed by atoms with Gasteiger partial charge in [0.25, 0.3) is 5.91 Å². The molecule has 0 spiro atoms. The number of likely N-dealkylation sites (tertiary alicyclic amines) is 1. The number of aliphatic hydroxyl groups is 1. The number of nitrogens with one attached hydrogen (secondary N) is 1. The number of halogens is 5. The molecular weight excluding hydrogens is 351 g/mol. The maximum Gasteiger partial charge on any atom is 0.419 e. The van der Waals surface area contributed by atoms with Crippen LogP contribution in [0.25, 0.3) is 0 Å². The average Bonchev–Trinajstić information content (AvgIpc) is 2.90. The Labute approximate surface area is 139 Å². The first-order valence-corrected chi connectivity index (χ1v) is 7.34. The SMILES string of the molecule is O=C(NCCC(=O)N1CCC(O)(C(F)(F)F)C1)c1ccc(F)cc1F. The highest BCUT2D eigenvalue weighted by Crippen LogP contribution is 2.37. The Hall–Kier alpha value is -2.23. The van der Waals surface area contributed by atoms with E-state index >= 15 is 0 Å². The fourth-order valence-electron chi connectivity index (χ4n) is 2.45. The van der Waals surface area contributed by atoms with Crippen LogP contribution >= 0.6 is 0 Å². The van der Waals surface area contributed by atoms with Crippen LogP contribution in [-0.2, 0) is 4.79 Å². The number of amides is 2. The highest BCUT2D eigenvalue weighted by atomic mass is 19.4. The van der Waals surface area contributed by atoms with Crippen LogP contribution in [0.3, 0.4) is 0 Å². The molecule has 1 aromatic rings. The van der Waals surface area contributed by atoms with Crippen molar-refractivity contribution in [3.8, 4) is 0 Å². The lowest BCUT2D eigenvalue weighted by Crippen LogP contribution is -2.48. The normalized spacial score (nSPS) is 20.6. The number of β-amino-alcohol motifs (C(OH)–C–C–N with tert-alkyl or cyclic N) is 1. The predicted octanol–water partition coefficient (Wildman–Crippen LogP) is 1.61. The molecule has 2 rings (SSSR count). The molecule has 0 radical (unpaired) electrons. The van der Waals surface area contributed by atoms with E-state index < -0.39 is 53.8 Å². The number of hydrogen-bond donors (Lipinski definition) is 2.